The molecule has 2 aromatic heterocycles. The molecule has 5 nitrogen and oxygen atoms in total. The molecule has 14 heavy (non-hydrogen) atoms. The van der Waals surface area contributed by atoms with Gasteiger partial charge >= 0.3 is 6.09 Å². The number of carboxylic acid groups (broad SMARTS) is 1. The summed E-state index contributed by atoms with van der Waals surface area (Å²) >= 11 is 0. The molecular formula is C9H8N2O3. The average molecular weight is 192 g/mol. The van der Waals surface area contributed by atoms with Gasteiger partial charge in [-0.15, -0.1) is 0 Å². The van der Waals surface area contributed by atoms with Crippen molar-refractivity contribution in [1.82, 2.24) is 9.78 Å². The van der Waals surface area contributed by atoms with E-state index in [9.17, 15) is 4.79 Å². The molecule has 0 radical (unpaired) electrons. The lowest BCUT2D eigenvalue weighted by Crippen LogP contribution is -2.11. The Morgan fingerprint density at radius 2 is 2.43 bits per heavy atom. The molecular weight excluding hydrogens is 184 g/mol. The van der Waals surface area contributed by atoms with Gasteiger partial charge in [0, 0.05) is 5.69 Å². The van der Waals surface area contributed by atoms with Crippen LogP contribution in [0.2, 0.25) is 0 Å². The first kappa shape index (κ1) is 8.55. The fourth-order valence-corrected chi connectivity index (χ4v) is 1.21. The Labute approximate surface area is 79.6 Å². The van der Waals surface area contributed by atoms with Crippen molar-refractivity contribution < 1.29 is 14.3 Å². The highest BCUT2D eigenvalue weighted by atomic mass is 16.4. The second-order valence-corrected chi connectivity index (χ2v) is 2.84. The SMILES string of the molecule is Cc1cc(-c2ccco2)nn1C(=O)O. The number of carbonyl (C=O) groups is 1. The lowest BCUT2D eigenvalue weighted by molar-refractivity contribution is 0.192. The Bertz CT molecular complexity index is 456. The van der Waals surface area contributed by atoms with Gasteiger partial charge in [0.05, 0.1) is 6.26 Å². The molecule has 0 amide bonds. The Morgan fingerprint density at radius 1 is 1.64 bits per heavy atom. The van der Waals surface area contributed by atoms with Crippen molar-refractivity contribution in [2.45, 2.75) is 6.92 Å². The summed E-state index contributed by atoms with van der Waals surface area (Å²) in [6.45, 7) is 1.67. The van der Waals surface area contributed by atoms with E-state index >= 15 is 0 Å². The number of aromatic nitrogens is 2. The summed E-state index contributed by atoms with van der Waals surface area (Å²) in [5.74, 6) is 0.563. The Balaban J connectivity index is 2.48. The van der Waals surface area contributed by atoms with Crippen molar-refractivity contribution in [3.8, 4) is 11.5 Å². The van der Waals surface area contributed by atoms with Crippen LogP contribution in [0.3, 0.4) is 0 Å². The minimum atomic E-state index is -1.10. The highest BCUT2D eigenvalue weighted by Gasteiger charge is 2.12. The minimum Gasteiger partial charge on any atom is -0.463 e. The molecule has 5 heteroatoms. The maximum absolute atomic E-state index is 10.7. The summed E-state index contributed by atoms with van der Waals surface area (Å²) in [6.07, 6.45) is 0.421. The fourth-order valence-electron chi connectivity index (χ4n) is 1.21. The van der Waals surface area contributed by atoms with Gasteiger partial charge in [0.25, 0.3) is 0 Å². The Hall–Kier alpha value is -2.04. The van der Waals surface area contributed by atoms with Crippen LogP contribution in [0, 0.1) is 6.92 Å². The maximum atomic E-state index is 10.7. The minimum absolute atomic E-state index is 0.523. The number of nitrogens with zero attached hydrogens (tertiary/aromatic N) is 2. The number of rotatable bonds is 1. The first-order chi connectivity index (χ1) is 6.68. The third kappa shape index (κ3) is 1.28. The highest BCUT2D eigenvalue weighted by Crippen LogP contribution is 2.18. The topological polar surface area (TPSA) is 68.3 Å². The highest BCUT2D eigenvalue weighted by molar-refractivity contribution is 5.69. The average Bonchev–Trinajstić information content (AvgIpc) is 2.70. The van der Waals surface area contributed by atoms with Gasteiger partial charge in [0.15, 0.2) is 5.76 Å². The van der Waals surface area contributed by atoms with Crippen molar-refractivity contribution in [1.29, 1.82) is 0 Å². The zero-order chi connectivity index (χ0) is 10.1. The molecule has 2 aromatic rings. The van der Waals surface area contributed by atoms with Crippen LogP contribution in [0.25, 0.3) is 11.5 Å². The number of aryl methyl sites for hydroxylation is 1. The smallest absolute Gasteiger partial charge is 0.432 e. The molecule has 0 spiro atoms. The predicted octanol–water partition coefficient (Wildman–Crippen LogP) is 1.98. The van der Waals surface area contributed by atoms with Crippen LogP contribution in [0.15, 0.2) is 28.9 Å². The molecule has 0 saturated heterocycles. The van der Waals surface area contributed by atoms with Crippen molar-refractivity contribution in [2.24, 2.45) is 0 Å². The van der Waals surface area contributed by atoms with Crippen LogP contribution in [0.4, 0.5) is 4.79 Å². The maximum Gasteiger partial charge on any atom is 0.432 e. The molecule has 0 atom stereocenters. The molecule has 0 fully saturated rings. The van der Waals surface area contributed by atoms with Crippen molar-refractivity contribution in [2.75, 3.05) is 0 Å². The normalized spacial score (nSPS) is 10.4. The molecule has 0 aromatic carbocycles. The molecule has 0 aliphatic rings. The molecule has 0 unspecified atom stereocenters. The van der Waals surface area contributed by atoms with Crippen LogP contribution in [-0.2, 0) is 0 Å². The number of hydrogen-bond acceptors (Lipinski definition) is 3. The summed E-state index contributed by atoms with van der Waals surface area (Å²) in [7, 11) is 0. The predicted molar refractivity (Wildman–Crippen MR) is 48.1 cm³/mol. The van der Waals surface area contributed by atoms with Crippen LogP contribution in [-0.4, -0.2) is 21.0 Å². The van der Waals surface area contributed by atoms with Gasteiger partial charge in [-0.1, -0.05) is 0 Å². The van der Waals surface area contributed by atoms with E-state index in [-0.39, 0.29) is 0 Å². The quantitative estimate of drug-likeness (QED) is 0.750. The van der Waals surface area contributed by atoms with E-state index in [1.807, 2.05) is 0 Å². The second kappa shape index (κ2) is 3.02. The molecule has 0 aliphatic carbocycles. The van der Waals surface area contributed by atoms with Gasteiger partial charge in [-0.3, -0.25) is 0 Å². The summed E-state index contributed by atoms with van der Waals surface area (Å²) < 4.78 is 6.01. The van der Waals surface area contributed by atoms with E-state index in [1.54, 1.807) is 25.1 Å². The summed E-state index contributed by atoms with van der Waals surface area (Å²) in [5, 5.41) is 12.6. The standard InChI is InChI=1S/C9H8N2O3/c1-6-5-7(8-3-2-4-14-8)10-11(6)9(12)13/h2-5H,1H3,(H,12,13). The first-order valence-corrected chi connectivity index (χ1v) is 4.02. The molecule has 0 aliphatic heterocycles. The van der Waals surface area contributed by atoms with Gasteiger partial charge in [0.1, 0.15) is 5.69 Å². The fraction of sp³-hybridized carbons (Fsp3) is 0.111. The summed E-state index contributed by atoms with van der Waals surface area (Å²) in [6, 6.07) is 5.12. The molecule has 0 saturated carbocycles. The van der Waals surface area contributed by atoms with Crippen LogP contribution < -0.4 is 0 Å². The second-order valence-electron chi connectivity index (χ2n) is 2.84. The van der Waals surface area contributed by atoms with Crippen molar-refractivity contribution in [3.63, 3.8) is 0 Å². The molecule has 72 valence electrons. The lowest BCUT2D eigenvalue weighted by Gasteiger charge is -1.92. The van der Waals surface area contributed by atoms with E-state index in [4.69, 9.17) is 9.52 Å². The summed E-state index contributed by atoms with van der Waals surface area (Å²) in [4.78, 5) is 10.7. The molecule has 0 bridgehead atoms. The molecule has 2 rings (SSSR count). The Kier molecular flexibility index (Phi) is 1.85. The van der Waals surface area contributed by atoms with Gasteiger partial charge in [0.2, 0.25) is 0 Å². The zero-order valence-electron chi connectivity index (χ0n) is 7.47. The number of furan rings is 1. The third-order valence-corrected chi connectivity index (χ3v) is 1.84. The summed E-state index contributed by atoms with van der Waals surface area (Å²) in [5.41, 5.74) is 1.08. The van der Waals surface area contributed by atoms with Gasteiger partial charge in [-0.2, -0.15) is 9.78 Å². The van der Waals surface area contributed by atoms with Gasteiger partial charge < -0.3 is 9.52 Å². The molecule has 2 heterocycles. The number of hydrogen-bond donors (Lipinski definition) is 1. The van der Waals surface area contributed by atoms with E-state index in [0.29, 0.717) is 17.1 Å². The van der Waals surface area contributed by atoms with E-state index in [0.717, 1.165) is 4.68 Å². The van der Waals surface area contributed by atoms with E-state index in [1.165, 1.54) is 6.26 Å². The van der Waals surface area contributed by atoms with E-state index < -0.39 is 6.09 Å². The van der Waals surface area contributed by atoms with Gasteiger partial charge in [-0.05, 0) is 25.1 Å². The largest absolute Gasteiger partial charge is 0.463 e. The van der Waals surface area contributed by atoms with Crippen LogP contribution >= 0.6 is 0 Å². The third-order valence-electron chi connectivity index (χ3n) is 1.84. The van der Waals surface area contributed by atoms with Crippen LogP contribution in [0.5, 0.6) is 0 Å². The van der Waals surface area contributed by atoms with Crippen molar-refractivity contribution >= 4 is 6.09 Å². The Morgan fingerprint density at radius 3 is 2.93 bits per heavy atom. The van der Waals surface area contributed by atoms with Crippen LogP contribution in [0.1, 0.15) is 5.69 Å². The monoisotopic (exact) mass is 192 g/mol. The zero-order valence-corrected chi connectivity index (χ0v) is 7.47. The van der Waals surface area contributed by atoms with Crippen molar-refractivity contribution in [3.05, 3.63) is 30.2 Å². The molecule has 1 N–H and O–H groups in total. The van der Waals surface area contributed by atoms with Gasteiger partial charge in [-0.25, -0.2) is 4.79 Å². The lowest BCUT2D eigenvalue weighted by atomic mass is 10.3. The first-order valence-electron chi connectivity index (χ1n) is 4.02. The van der Waals surface area contributed by atoms with E-state index in [2.05, 4.69) is 5.10 Å².